The average molecular weight is 527 g/mol. The van der Waals surface area contributed by atoms with E-state index in [4.69, 9.17) is 0 Å². The van der Waals surface area contributed by atoms with Crippen LogP contribution in [0.2, 0.25) is 0 Å². The molecule has 1 aromatic rings. The van der Waals surface area contributed by atoms with Crippen molar-refractivity contribution in [1.29, 1.82) is 0 Å². The van der Waals surface area contributed by atoms with E-state index >= 15 is 0 Å². The molecule has 3 fully saturated rings. The summed E-state index contributed by atoms with van der Waals surface area (Å²) in [5.41, 5.74) is 1.58. The summed E-state index contributed by atoms with van der Waals surface area (Å²) < 4.78 is 0. The number of amides is 3. The molecule has 3 aliphatic heterocycles. The number of carbonyl (C=O) groups is 4. The van der Waals surface area contributed by atoms with E-state index in [-0.39, 0.29) is 36.0 Å². The monoisotopic (exact) mass is 526 g/mol. The van der Waals surface area contributed by atoms with E-state index in [1.807, 2.05) is 39.8 Å². The summed E-state index contributed by atoms with van der Waals surface area (Å²) in [6, 6.07) is 5.52. The predicted octanol–water partition coefficient (Wildman–Crippen LogP) is 2.22. The molecule has 2 N–H and O–H groups in total. The molecule has 1 aromatic carbocycles. The van der Waals surface area contributed by atoms with Crippen LogP contribution in [0, 0.1) is 11.8 Å². The van der Waals surface area contributed by atoms with Gasteiger partial charge in [-0.2, -0.15) is 0 Å². The second-order valence-electron chi connectivity index (χ2n) is 11.5. The van der Waals surface area contributed by atoms with E-state index in [1.54, 1.807) is 17.0 Å². The maximum Gasteiger partial charge on any atom is 0.252 e. The largest absolute Gasteiger partial charge is 0.383 e. The standard InChI is InChI=1S/C29H42N4O5/c1-5-19(4)26(35)29(38)33-17-24(34)25-23(33)12-15-32(25)28(37)22(16-18(2)3)30-27(36)20-8-10-21(11-9-20)31-13-6-7-14-31/h8-11,18-19,22-23,25-26,35H,5-7,12-17H2,1-4H3,(H,30,36). The Balaban J connectivity index is 1.45. The van der Waals surface area contributed by atoms with Crippen molar-refractivity contribution in [2.75, 3.05) is 31.1 Å². The smallest absolute Gasteiger partial charge is 0.252 e. The molecule has 0 bridgehead atoms. The van der Waals surface area contributed by atoms with Crippen LogP contribution in [-0.2, 0) is 14.4 Å². The van der Waals surface area contributed by atoms with Crippen LogP contribution in [0.4, 0.5) is 5.69 Å². The van der Waals surface area contributed by atoms with E-state index in [1.165, 1.54) is 17.7 Å². The second kappa shape index (κ2) is 11.8. The highest BCUT2D eigenvalue weighted by Crippen LogP contribution is 2.32. The maximum absolute atomic E-state index is 13.7. The molecule has 5 unspecified atom stereocenters. The lowest BCUT2D eigenvalue weighted by atomic mass is 10.00. The summed E-state index contributed by atoms with van der Waals surface area (Å²) in [5.74, 6) is -1.33. The van der Waals surface area contributed by atoms with Crippen LogP contribution in [0.1, 0.15) is 70.2 Å². The quantitative estimate of drug-likeness (QED) is 0.511. The number of anilines is 1. The SMILES string of the molecule is CCC(C)C(O)C(=O)N1CC(=O)C2C1CCN2C(=O)C(CC(C)C)NC(=O)c1ccc(N2CCCC2)cc1. The van der Waals surface area contributed by atoms with Crippen molar-refractivity contribution >= 4 is 29.2 Å². The molecule has 38 heavy (non-hydrogen) atoms. The molecule has 3 aliphatic rings. The summed E-state index contributed by atoms with van der Waals surface area (Å²) >= 11 is 0. The van der Waals surface area contributed by atoms with Gasteiger partial charge in [0.25, 0.3) is 11.8 Å². The van der Waals surface area contributed by atoms with Crippen molar-refractivity contribution in [3.8, 4) is 0 Å². The van der Waals surface area contributed by atoms with Gasteiger partial charge in [0.15, 0.2) is 5.78 Å². The van der Waals surface area contributed by atoms with Crippen LogP contribution in [0.3, 0.4) is 0 Å². The van der Waals surface area contributed by atoms with Gasteiger partial charge in [0.05, 0.1) is 12.6 Å². The molecular formula is C29H42N4O5. The minimum absolute atomic E-state index is 0.101. The van der Waals surface area contributed by atoms with Crippen molar-refractivity contribution in [3.05, 3.63) is 29.8 Å². The zero-order valence-electron chi connectivity index (χ0n) is 23.1. The molecule has 0 aliphatic carbocycles. The summed E-state index contributed by atoms with van der Waals surface area (Å²) in [6.07, 6.45) is 2.74. The van der Waals surface area contributed by atoms with Gasteiger partial charge in [-0.05, 0) is 61.8 Å². The third kappa shape index (κ3) is 5.72. The van der Waals surface area contributed by atoms with Crippen LogP contribution < -0.4 is 10.2 Å². The molecule has 0 saturated carbocycles. The topological polar surface area (TPSA) is 110 Å². The highest BCUT2D eigenvalue weighted by molar-refractivity contribution is 6.01. The van der Waals surface area contributed by atoms with Gasteiger partial charge in [-0.25, -0.2) is 0 Å². The summed E-state index contributed by atoms with van der Waals surface area (Å²) in [6.45, 7) is 9.96. The number of ketones is 1. The Bertz CT molecular complexity index is 1040. The molecule has 4 rings (SSSR count). The number of Topliss-reactive ketones (excluding diaryl/α,β-unsaturated/α-hetero) is 1. The summed E-state index contributed by atoms with van der Waals surface area (Å²) in [7, 11) is 0. The van der Waals surface area contributed by atoms with E-state index in [0.29, 0.717) is 31.4 Å². The van der Waals surface area contributed by atoms with Gasteiger partial charge < -0.3 is 25.1 Å². The van der Waals surface area contributed by atoms with E-state index in [0.717, 1.165) is 18.8 Å². The predicted molar refractivity (Wildman–Crippen MR) is 145 cm³/mol. The summed E-state index contributed by atoms with van der Waals surface area (Å²) in [4.78, 5) is 58.1. The molecule has 5 atom stereocenters. The first-order valence-corrected chi connectivity index (χ1v) is 14.1. The first kappa shape index (κ1) is 28.1. The summed E-state index contributed by atoms with van der Waals surface area (Å²) in [5, 5.41) is 13.4. The number of nitrogens with zero attached hydrogens (tertiary/aromatic N) is 3. The number of carbonyl (C=O) groups excluding carboxylic acids is 4. The minimum atomic E-state index is -1.17. The fourth-order valence-corrected chi connectivity index (χ4v) is 5.93. The van der Waals surface area contributed by atoms with E-state index < -0.39 is 30.1 Å². The zero-order chi connectivity index (χ0) is 27.6. The van der Waals surface area contributed by atoms with Crippen LogP contribution >= 0.6 is 0 Å². The zero-order valence-corrected chi connectivity index (χ0v) is 23.1. The number of hydrogen-bond donors (Lipinski definition) is 2. The van der Waals surface area contributed by atoms with Gasteiger partial charge in [0.1, 0.15) is 18.2 Å². The number of fused-ring (bicyclic) bond motifs is 1. The fourth-order valence-electron chi connectivity index (χ4n) is 5.93. The molecule has 9 heteroatoms. The number of rotatable bonds is 9. The third-order valence-electron chi connectivity index (χ3n) is 8.34. The Morgan fingerprint density at radius 2 is 1.66 bits per heavy atom. The molecule has 3 amide bonds. The number of aliphatic hydroxyl groups is 1. The van der Waals surface area contributed by atoms with E-state index in [2.05, 4.69) is 10.2 Å². The lowest BCUT2D eigenvalue weighted by Crippen LogP contribution is -2.53. The van der Waals surface area contributed by atoms with Crippen molar-refractivity contribution < 1.29 is 24.3 Å². The Hall–Kier alpha value is -2.94. The molecule has 0 spiro atoms. The Labute approximate surface area is 225 Å². The third-order valence-corrected chi connectivity index (χ3v) is 8.34. The molecule has 3 heterocycles. The van der Waals surface area contributed by atoms with Crippen molar-refractivity contribution in [2.45, 2.75) is 84.0 Å². The molecule has 9 nitrogen and oxygen atoms in total. The number of hydrogen-bond acceptors (Lipinski definition) is 6. The van der Waals surface area contributed by atoms with Gasteiger partial charge in [-0.15, -0.1) is 0 Å². The average Bonchev–Trinajstić information content (AvgIpc) is 3.65. The van der Waals surface area contributed by atoms with Crippen LogP contribution in [-0.4, -0.2) is 88.8 Å². The van der Waals surface area contributed by atoms with Crippen molar-refractivity contribution in [3.63, 3.8) is 0 Å². The highest BCUT2D eigenvalue weighted by Gasteiger charge is 2.53. The van der Waals surface area contributed by atoms with Crippen LogP contribution in [0.25, 0.3) is 0 Å². The highest BCUT2D eigenvalue weighted by atomic mass is 16.3. The number of nitrogens with one attached hydrogen (secondary N) is 1. The second-order valence-corrected chi connectivity index (χ2v) is 11.5. The van der Waals surface area contributed by atoms with Crippen LogP contribution in [0.15, 0.2) is 24.3 Å². The maximum atomic E-state index is 13.7. The molecular weight excluding hydrogens is 484 g/mol. The van der Waals surface area contributed by atoms with Crippen molar-refractivity contribution in [2.24, 2.45) is 11.8 Å². The first-order valence-electron chi connectivity index (χ1n) is 14.1. The Morgan fingerprint density at radius 3 is 2.26 bits per heavy atom. The normalized spacial score (nSPS) is 23.5. The Kier molecular flexibility index (Phi) is 8.75. The number of aliphatic hydroxyl groups excluding tert-OH is 1. The van der Waals surface area contributed by atoms with E-state index in [9.17, 15) is 24.3 Å². The van der Waals surface area contributed by atoms with Gasteiger partial charge in [-0.3, -0.25) is 19.2 Å². The lowest BCUT2D eigenvalue weighted by molar-refractivity contribution is -0.144. The fraction of sp³-hybridized carbons (Fsp3) is 0.655. The number of likely N-dealkylation sites (tertiary alicyclic amines) is 2. The molecule has 3 saturated heterocycles. The van der Waals surface area contributed by atoms with Gasteiger partial charge in [-0.1, -0.05) is 34.1 Å². The molecule has 0 radical (unpaired) electrons. The van der Waals surface area contributed by atoms with Crippen LogP contribution in [0.5, 0.6) is 0 Å². The minimum Gasteiger partial charge on any atom is -0.383 e. The number of benzene rings is 1. The molecule has 0 aromatic heterocycles. The first-order chi connectivity index (χ1) is 18.1. The molecule has 208 valence electrons. The van der Waals surface area contributed by atoms with Gasteiger partial charge in [0, 0.05) is 30.9 Å². The van der Waals surface area contributed by atoms with Gasteiger partial charge in [0.2, 0.25) is 5.91 Å². The van der Waals surface area contributed by atoms with Gasteiger partial charge >= 0.3 is 0 Å². The van der Waals surface area contributed by atoms with Crippen molar-refractivity contribution in [1.82, 2.24) is 15.1 Å². The Morgan fingerprint density at radius 1 is 1.00 bits per heavy atom. The lowest BCUT2D eigenvalue weighted by Gasteiger charge is -2.30.